The number of hydrogen-bond donors (Lipinski definition) is 1. The van der Waals surface area contributed by atoms with Crippen molar-refractivity contribution in [2.24, 2.45) is 0 Å². The number of carbonyl (C=O) groups is 3. The molecule has 0 spiro atoms. The van der Waals surface area contributed by atoms with E-state index in [-0.39, 0.29) is 24.4 Å². The molecule has 0 aromatic heterocycles. The van der Waals surface area contributed by atoms with Crippen molar-refractivity contribution < 1.29 is 19.1 Å². The van der Waals surface area contributed by atoms with E-state index in [1.807, 2.05) is 0 Å². The average molecular weight is 290 g/mol. The number of rotatable bonds is 5. The Hall–Kier alpha value is -2.37. The highest BCUT2D eigenvalue weighted by molar-refractivity contribution is 5.98. The summed E-state index contributed by atoms with van der Waals surface area (Å²) in [7, 11) is 1.48. The van der Waals surface area contributed by atoms with Gasteiger partial charge < -0.3 is 19.7 Å². The van der Waals surface area contributed by atoms with Crippen LogP contribution in [0, 0.1) is 0 Å². The summed E-state index contributed by atoms with van der Waals surface area (Å²) in [4.78, 5) is 36.5. The molecule has 6 nitrogen and oxygen atoms in total. The van der Waals surface area contributed by atoms with Gasteiger partial charge >= 0.3 is 0 Å². The first-order valence-corrected chi connectivity index (χ1v) is 6.83. The number of ether oxygens (including phenoxy) is 1. The van der Waals surface area contributed by atoms with Gasteiger partial charge in [0.1, 0.15) is 12.0 Å². The topological polar surface area (TPSA) is 75.7 Å². The van der Waals surface area contributed by atoms with Gasteiger partial charge in [0.15, 0.2) is 0 Å². The molecular formula is C15H18N2O4. The lowest BCUT2D eigenvalue weighted by atomic mass is 10.2. The summed E-state index contributed by atoms with van der Waals surface area (Å²) >= 11 is 0. The van der Waals surface area contributed by atoms with E-state index >= 15 is 0 Å². The summed E-state index contributed by atoms with van der Waals surface area (Å²) in [5, 5.41) is 2.57. The monoisotopic (exact) mass is 290 g/mol. The number of nitrogens with zero attached hydrogens (tertiary/aromatic N) is 1. The van der Waals surface area contributed by atoms with Crippen LogP contribution in [0.15, 0.2) is 24.3 Å². The van der Waals surface area contributed by atoms with Gasteiger partial charge in [-0.05, 0) is 25.0 Å². The van der Waals surface area contributed by atoms with Crippen molar-refractivity contribution in [3.8, 4) is 5.75 Å². The van der Waals surface area contributed by atoms with Crippen molar-refractivity contribution >= 4 is 18.1 Å². The van der Waals surface area contributed by atoms with Crippen LogP contribution in [0.5, 0.6) is 5.75 Å². The zero-order valence-electron chi connectivity index (χ0n) is 11.9. The first kappa shape index (κ1) is 15.0. The third-order valence-electron chi connectivity index (χ3n) is 3.53. The summed E-state index contributed by atoms with van der Waals surface area (Å²) in [5.41, 5.74) is 0.376. The fourth-order valence-corrected chi connectivity index (χ4v) is 2.43. The molecule has 1 N–H and O–H groups in total. The van der Waals surface area contributed by atoms with Crippen LogP contribution in [0.25, 0.3) is 0 Å². The van der Waals surface area contributed by atoms with Gasteiger partial charge in [0, 0.05) is 6.54 Å². The van der Waals surface area contributed by atoms with Crippen LogP contribution in [0.2, 0.25) is 0 Å². The van der Waals surface area contributed by atoms with Crippen LogP contribution in [-0.4, -0.2) is 49.2 Å². The first-order valence-electron chi connectivity index (χ1n) is 6.83. The average Bonchev–Trinajstić information content (AvgIpc) is 3.00. The van der Waals surface area contributed by atoms with Crippen molar-refractivity contribution in [3.05, 3.63) is 29.8 Å². The molecule has 112 valence electrons. The number of benzene rings is 1. The Labute approximate surface area is 123 Å². The van der Waals surface area contributed by atoms with Gasteiger partial charge in [-0.3, -0.25) is 9.59 Å². The van der Waals surface area contributed by atoms with Crippen molar-refractivity contribution in [1.29, 1.82) is 0 Å². The van der Waals surface area contributed by atoms with Gasteiger partial charge in [-0.15, -0.1) is 0 Å². The van der Waals surface area contributed by atoms with Crippen LogP contribution < -0.4 is 10.1 Å². The molecule has 2 amide bonds. The van der Waals surface area contributed by atoms with E-state index < -0.39 is 0 Å². The summed E-state index contributed by atoms with van der Waals surface area (Å²) in [6.07, 6.45) is 2.29. The molecule has 2 rings (SSSR count). The van der Waals surface area contributed by atoms with E-state index in [9.17, 15) is 14.4 Å². The smallest absolute Gasteiger partial charge is 0.255 e. The molecule has 0 aliphatic carbocycles. The maximum Gasteiger partial charge on any atom is 0.255 e. The second-order valence-electron chi connectivity index (χ2n) is 4.82. The minimum Gasteiger partial charge on any atom is -0.496 e. The second kappa shape index (κ2) is 6.88. The summed E-state index contributed by atoms with van der Waals surface area (Å²) < 4.78 is 5.11. The minimum absolute atomic E-state index is 0.124. The molecule has 21 heavy (non-hydrogen) atoms. The van der Waals surface area contributed by atoms with Crippen LogP contribution in [0.3, 0.4) is 0 Å². The first-order chi connectivity index (χ1) is 10.2. The molecule has 0 unspecified atom stereocenters. The Morgan fingerprint density at radius 1 is 1.43 bits per heavy atom. The van der Waals surface area contributed by atoms with Crippen LogP contribution in [0.1, 0.15) is 23.2 Å². The molecule has 1 saturated heterocycles. The standard InChI is InChI=1S/C15H18N2O4/c1-21-13-7-3-2-6-12(13)15(20)16-9-14(19)17-8-4-5-11(17)10-18/h2-3,6-7,10-11H,4-5,8-9H2,1H3,(H,16,20)/t11-/m0/s1. The molecule has 1 aliphatic heterocycles. The van der Waals surface area contributed by atoms with E-state index in [0.29, 0.717) is 24.3 Å². The predicted octanol–water partition coefficient (Wildman–Crippen LogP) is 0.615. The van der Waals surface area contributed by atoms with E-state index in [1.54, 1.807) is 24.3 Å². The Bertz CT molecular complexity index is 544. The highest BCUT2D eigenvalue weighted by atomic mass is 16.5. The normalized spacial score (nSPS) is 17.4. The molecular weight excluding hydrogens is 272 g/mol. The SMILES string of the molecule is COc1ccccc1C(=O)NCC(=O)N1CCC[C@H]1C=O. The molecule has 0 radical (unpaired) electrons. The Balaban J connectivity index is 1.95. The molecule has 1 heterocycles. The largest absolute Gasteiger partial charge is 0.496 e. The van der Waals surface area contributed by atoms with E-state index in [0.717, 1.165) is 12.7 Å². The zero-order chi connectivity index (χ0) is 15.2. The third kappa shape index (κ3) is 3.39. The number of likely N-dealkylation sites (tertiary alicyclic amines) is 1. The van der Waals surface area contributed by atoms with Gasteiger partial charge in [-0.2, -0.15) is 0 Å². The maximum atomic E-state index is 12.1. The predicted molar refractivity (Wildman–Crippen MR) is 76.1 cm³/mol. The zero-order valence-corrected chi connectivity index (χ0v) is 11.9. The highest BCUT2D eigenvalue weighted by Gasteiger charge is 2.28. The number of para-hydroxylation sites is 1. The van der Waals surface area contributed by atoms with Crippen molar-refractivity contribution in [3.63, 3.8) is 0 Å². The number of amides is 2. The van der Waals surface area contributed by atoms with Crippen LogP contribution in [0.4, 0.5) is 0 Å². The lowest BCUT2D eigenvalue weighted by Gasteiger charge is -2.20. The molecule has 0 saturated carbocycles. The fourth-order valence-electron chi connectivity index (χ4n) is 2.43. The van der Waals surface area contributed by atoms with Crippen LogP contribution in [-0.2, 0) is 9.59 Å². The molecule has 1 aromatic rings. The van der Waals surface area contributed by atoms with Crippen molar-refractivity contribution in [2.75, 3.05) is 20.2 Å². The molecule has 0 bridgehead atoms. The second-order valence-corrected chi connectivity index (χ2v) is 4.82. The van der Waals surface area contributed by atoms with Gasteiger partial charge in [-0.25, -0.2) is 0 Å². The molecule has 6 heteroatoms. The van der Waals surface area contributed by atoms with Gasteiger partial charge in [0.05, 0.1) is 25.3 Å². The Kier molecular flexibility index (Phi) is 4.92. The number of nitrogens with one attached hydrogen (secondary N) is 1. The molecule has 1 fully saturated rings. The number of methoxy groups -OCH3 is 1. The lowest BCUT2D eigenvalue weighted by Crippen LogP contribution is -2.43. The number of carbonyl (C=O) groups excluding carboxylic acids is 3. The maximum absolute atomic E-state index is 12.1. The Morgan fingerprint density at radius 2 is 2.19 bits per heavy atom. The highest BCUT2D eigenvalue weighted by Crippen LogP contribution is 2.17. The summed E-state index contributed by atoms with van der Waals surface area (Å²) in [5.74, 6) is -0.162. The van der Waals surface area contributed by atoms with Crippen molar-refractivity contribution in [2.45, 2.75) is 18.9 Å². The van der Waals surface area contributed by atoms with Gasteiger partial charge in [-0.1, -0.05) is 12.1 Å². The number of aldehydes is 1. The summed E-state index contributed by atoms with van der Waals surface area (Å²) in [6.45, 7) is 0.438. The van der Waals surface area contributed by atoms with E-state index in [1.165, 1.54) is 12.0 Å². The molecule has 1 aromatic carbocycles. The molecule has 1 aliphatic rings. The van der Waals surface area contributed by atoms with E-state index in [4.69, 9.17) is 4.74 Å². The number of hydrogen-bond acceptors (Lipinski definition) is 4. The lowest BCUT2D eigenvalue weighted by molar-refractivity contribution is -0.133. The molecule has 1 atom stereocenters. The fraction of sp³-hybridized carbons (Fsp3) is 0.400. The summed E-state index contributed by atoms with van der Waals surface area (Å²) in [6, 6.07) is 6.44. The van der Waals surface area contributed by atoms with Gasteiger partial charge in [0.25, 0.3) is 5.91 Å². The van der Waals surface area contributed by atoms with E-state index in [2.05, 4.69) is 5.32 Å². The van der Waals surface area contributed by atoms with Gasteiger partial charge in [0.2, 0.25) is 5.91 Å². The minimum atomic E-state index is -0.373. The Morgan fingerprint density at radius 3 is 2.90 bits per heavy atom. The van der Waals surface area contributed by atoms with Crippen LogP contribution >= 0.6 is 0 Å². The third-order valence-corrected chi connectivity index (χ3v) is 3.53. The van der Waals surface area contributed by atoms with Crippen molar-refractivity contribution in [1.82, 2.24) is 10.2 Å². The quantitative estimate of drug-likeness (QED) is 0.806.